The van der Waals surface area contributed by atoms with Gasteiger partial charge in [0.25, 0.3) is 0 Å². The zero-order chi connectivity index (χ0) is 24.8. The van der Waals surface area contributed by atoms with Crippen LogP contribution in [0, 0.1) is 11.3 Å². The number of nitrogens with one attached hydrogen (secondary N) is 2. The number of rotatable bonds is 10. The van der Waals surface area contributed by atoms with Gasteiger partial charge in [-0.1, -0.05) is 77.1 Å². The zero-order valence-electron chi connectivity index (χ0n) is 22.0. The SMILES string of the molecule is C=C(N=CC=NCNC1=C(C(C)(C)CCC)C2CC(=C1)c1ccccc1C2C)NC1CC=CCC1. The Bertz CT molecular complexity index is 1070. The van der Waals surface area contributed by atoms with E-state index in [4.69, 9.17) is 0 Å². The molecule has 3 aliphatic carbocycles. The Morgan fingerprint density at radius 1 is 1.20 bits per heavy atom. The van der Waals surface area contributed by atoms with Crippen molar-refractivity contribution in [3.8, 4) is 0 Å². The van der Waals surface area contributed by atoms with Crippen LogP contribution in [0.25, 0.3) is 5.57 Å². The third kappa shape index (κ3) is 5.86. The second-order valence-corrected chi connectivity index (χ2v) is 10.8. The van der Waals surface area contributed by atoms with E-state index in [1.54, 1.807) is 18.0 Å². The van der Waals surface area contributed by atoms with Crippen LogP contribution in [-0.2, 0) is 0 Å². The summed E-state index contributed by atoms with van der Waals surface area (Å²) in [6, 6.07) is 9.39. The Balaban J connectivity index is 1.46. The third-order valence-electron chi connectivity index (χ3n) is 7.83. The molecule has 2 N–H and O–H groups in total. The van der Waals surface area contributed by atoms with Crippen molar-refractivity contribution in [2.45, 2.75) is 78.2 Å². The molecule has 3 atom stereocenters. The number of fused-ring (bicyclic) bond motifs is 4. The van der Waals surface area contributed by atoms with Gasteiger partial charge in [0.2, 0.25) is 0 Å². The first-order chi connectivity index (χ1) is 16.9. The molecular weight excluding hydrogens is 428 g/mol. The van der Waals surface area contributed by atoms with Crippen LogP contribution in [-0.4, -0.2) is 25.1 Å². The Labute approximate surface area is 212 Å². The summed E-state index contributed by atoms with van der Waals surface area (Å²) in [6.45, 7) is 14.1. The molecule has 0 spiro atoms. The fraction of sp³-hybridized carbons (Fsp3) is 0.484. The predicted molar refractivity (Wildman–Crippen MR) is 151 cm³/mol. The summed E-state index contributed by atoms with van der Waals surface area (Å²) in [5, 5.41) is 7.06. The molecule has 0 saturated heterocycles. The number of allylic oxidation sites excluding steroid dienone is 4. The van der Waals surface area contributed by atoms with E-state index in [1.807, 2.05) is 0 Å². The van der Waals surface area contributed by atoms with Crippen molar-refractivity contribution < 1.29 is 0 Å². The van der Waals surface area contributed by atoms with Crippen LogP contribution in [0.4, 0.5) is 0 Å². The summed E-state index contributed by atoms with van der Waals surface area (Å²) in [6.07, 6.45) is 17.2. The summed E-state index contributed by atoms with van der Waals surface area (Å²) < 4.78 is 0. The van der Waals surface area contributed by atoms with E-state index in [0.29, 0.717) is 30.4 Å². The zero-order valence-corrected chi connectivity index (χ0v) is 22.0. The summed E-state index contributed by atoms with van der Waals surface area (Å²) in [7, 11) is 0. The normalized spacial score (nSPS) is 24.0. The van der Waals surface area contributed by atoms with Gasteiger partial charge in [0.15, 0.2) is 0 Å². The quantitative estimate of drug-likeness (QED) is 0.282. The van der Waals surface area contributed by atoms with Gasteiger partial charge >= 0.3 is 0 Å². The molecule has 35 heavy (non-hydrogen) atoms. The van der Waals surface area contributed by atoms with Gasteiger partial charge in [0.05, 0.1) is 0 Å². The molecule has 2 bridgehead atoms. The number of aliphatic imine (C=N–C) groups is 2. The molecular formula is C31H42N4. The maximum absolute atomic E-state index is 4.58. The van der Waals surface area contributed by atoms with Crippen LogP contribution >= 0.6 is 0 Å². The smallest absolute Gasteiger partial charge is 0.118 e. The highest BCUT2D eigenvalue weighted by Gasteiger charge is 2.40. The van der Waals surface area contributed by atoms with Crippen LogP contribution in [0.5, 0.6) is 0 Å². The summed E-state index contributed by atoms with van der Waals surface area (Å²) in [5.41, 5.74) is 7.33. The maximum Gasteiger partial charge on any atom is 0.118 e. The van der Waals surface area contributed by atoms with Crippen LogP contribution < -0.4 is 10.6 Å². The first-order valence-corrected chi connectivity index (χ1v) is 13.3. The monoisotopic (exact) mass is 470 g/mol. The van der Waals surface area contributed by atoms with E-state index in [1.165, 1.54) is 35.2 Å². The molecule has 0 amide bonds. The molecule has 4 heteroatoms. The first-order valence-electron chi connectivity index (χ1n) is 13.3. The largest absolute Gasteiger partial charge is 0.368 e. The molecule has 4 nitrogen and oxygen atoms in total. The maximum atomic E-state index is 4.58. The number of hydrogen-bond acceptors (Lipinski definition) is 4. The lowest BCUT2D eigenvalue weighted by Crippen LogP contribution is -2.34. The van der Waals surface area contributed by atoms with Gasteiger partial charge in [0.1, 0.15) is 12.5 Å². The van der Waals surface area contributed by atoms with E-state index in [-0.39, 0.29) is 5.41 Å². The summed E-state index contributed by atoms with van der Waals surface area (Å²) in [4.78, 5) is 8.98. The Morgan fingerprint density at radius 2 is 2.03 bits per heavy atom. The van der Waals surface area contributed by atoms with Crippen LogP contribution in [0.2, 0.25) is 0 Å². The molecule has 3 aliphatic rings. The second-order valence-electron chi connectivity index (χ2n) is 10.8. The number of benzene rings is 1. The van der Waals surface area contributed by atoms with Gasteiger partial charge in [-0.15, -0.1) is 0 Å². The lowest BCUT2D eigenvalue weighted by molar-refractivity contribution is 0.324. The topological polar surface area (TPSA) is 48.8 Å². The number of hydrogen-bond donors (Lipinski definition) is 2. The third-order valence-corrected chi connectivity index (χ3v) is 7.83. The van der Waals surface area contributed by atoms with E-state index in [2.05, 4.69) is 97.4 Å². The molecule has 0 radical (unpaired) electrons. The fourth-order valence-corrected chi connectivity index (χ4v) is 6.19. The van der Waals surface area contributed by atoms with E-state index < -0.39 is 0 Å². The highest BCUT2D eigenvalue weighted by Crippen LogP contribution is 2.53. The molecule has 186 valence electrons. The Morgan fingerprint density at radius 3 is 2.80 bits per heavy atom. The molecule has 4 rings (SSSR count). The van der Waals surface area contributed by atoms with E-state index >= 15 is 0 Å². The fourth-order valence-electron chi connectivity index (χ4n) is 6.19. The van der Waals surface area contributed by atoms with Crippen LogP contribution in [0.3, 0.4) is 0 Å². The van der Waals surface area contributed by atoms with Crippen molar-refractivity contribution in [1.29, 1.82) is 0 Å². The molecule has 0 saturated carbocycles. The van der Waals surface area contributed by atoms with Gasteiger partial charge in [-0.05, 0) is 77.7 Å². The minimum atomic E-state index is 0.146. The molecule has 0 aliphatic heterocycles. The molecule has 0 fully saturated rings. The minimum absolute atomic E-state index is 0.146. The van der Waals surface area contributed by atoms with Gasteiger partial charge in [-0.3, -0.25) is 4.99 Å². The van der Waals surface area contributed by atoms with Gasteiger partial charge < -0.3 is 10.6 Å². The highest BCUT2D eigenvalue weighted by atomic mass is 15.1. The second kappa shape index (κ2) is 11.2. The first kappa shape index (κ1) is 25.2. The van der Waals surface area contributed by atoms with Crippen molar-refractivity contribution in [3.63, 3.8) is 0 Å². The lowest BCUT2D eigenvalue weighted by atomic mass is 9.61. The van der Waals surface area contributed by atoms with Crippen LogP contribution in [0.15, 0.2) is 76.1 Å². The van der Waals surface area contributed by atoms with Gasteiger partial charge in [-0.25, -0.2) is 4.99 Å². The van der Waals surface area contributed by atoms with Crippen LogP contribution in [0.1, 0.15) is 83.3 Å². The van der Waals surface area contributed by atoms with E-state index in [0.717, 1.165) is 25.7 Å². The highest BCUT2D eigenvalue weighted by molar-refractivity contribution is 6.16. The van der Waals surface area contributed by atoms with Crippen molar-refractivity contribution >= 4 is 18.0 Å². The number of nitrogens with zero attached hydrogens (tertiary/aromatic N) is 2. The average molecular weight is 471 g/mol. The molecule has 1 aromatic rings. The summed E-state index contributed by atoms with van der Waals surface area (Å²) >= 11 is 0. The molecule has 3 unspecified atom stereocenters. The van der Waals surface area contributed by atoms with Crippen molar-refractivity contribution in [2.75, 3.05) is 6.67 Å². The van der Waals surface area contributed by atoms with Gasteiger partial charge in [0, 0.05) is 24.2 Å². The van der Waals surface area contributed by atoms with Crippen molar-refractivity contribution in [2.24, 2.45) is 21.3 Å². The Kier molecular flexibility index (Phi) is 8.10. The minimum Gasteiger partial charge on any atom is -0.368 e. The average Bonchev–Trinajstić information content (AvgIpc) is 2.85. The lowest BCUT2D eigenvalue weighted by Gasteiger charge is -2.44. The predicted octanol–water partition coefficient (Wildman–Crippen LogP) is 7.15. The van der Waals surface area contributed by atoms with Crippen molar-refractivity contribution in [1.82, 2.24) is 10.6 Å². The summed E-state index contributed by atoms with van der Waals surface area (Å²) in [5.74, 6) is 1.75. The Hall–Kier alpha value is -2.88. The van der Waals surface area contributed by atoms with E-state index in [9.17, 15) is 0 Å². The molecule has 0 aromatic heterocycles. The standard InChI is InChI=1S/C31H42N4/c1-6-16-31(4,5)30-28-19-24(27-15-11-10-14-26(27)22(28)2)20-29(30)34-21-32-17-18-33-23(3)35-25-12-8-7-9-13-25/h7-8,10-11,14-15,17-18,20,22,25,28,34-35H,3,6,9,12-13,16,19,21H2,1-2,4-5H3. The molecule has 1 aromatic carbocycles. The molecule has 0 heterocycles. The van der Waals surface area contributed by atoms with Gasteiger partial charge in [-0.2, -0.15) is 0 Å². The van der Waals surface area contributed by atoms with Crippen molar-refractivity contribution in [3.05, 3.63) is 77.3 Å².